The van der Waals surface area contributed by atoms with Gasteiger partial charge in [-0.05, 0) is 0 Å². The van der Waals surface area contributed by atoms with Crippen LogP contribution in [0.5, 0.6) is 5.75 Å². The molecule has 0 saturated heterocycles. The van der Waals surface area contributed by atoms with Crippen molar-refractivity contribution < 1.29 is 22.7 Å². The molecule has 0 radical (unpaired) electrons. The van der Waals surface area contributed by atoms with E-state index in [9.17, 15) is 18.0 Å². The van der Waals surface area contributed by atoms with Crippen LogP contribution in [-0.4, -0.2) is 34.0 Å². The molecule has 1 amide bonds. The molecule has 2 rings (SSSR count). The number of carbonyl (C=O) groups is 1. The van der Waals surface area contributed by atoms with Crippen LogP contribution in [0.25, 0.3) is 5.69 Å². The molecule has 0 aliphatic heterocycles. The quantitative estimate of drug-likeness (QED) is 0.900. The lowest BCUT2D eigenvalue weighted by Gasteiger charge is -2.06. The molecule has 0 aliphatic carbocycles. The summed E-state index contributed by atoms with van der Waals surface area (Å²) in [7, 11) is 1.48. The molecule has 0 spiro atoms. The second kappa shape index (κ2) is 6.86. The summed E-state index contributed by atoms with van der Waals surface area (Å²) < 4.78 is 42.6. The van der Waals surface area contributed by atoms with Crippen LogP contribution in [0.4, 0.5) is 18.9 Å². The number of pyridine rings is 1. The van der Waals surface area contributed by atoms with Gasteiger partial charge in [0.25, 0.3) is 0 Å². The lowest BCUT2D eigenvalue weighted by Crippen LogP contribution is -2.16. The zero-order chi connectivity index (χ0) is 17.0. The van der Waals surface area contributed by atoms with Gasteiger partial charge in [0.15, 0.2) is 5.15 Å². The maximum atomic E-state index is 12.1. The standard InChI is InChI=1S/C13H12ClF3N4O2/c1-23-9-4-8(5-18-6-9)21-7-10(12(14)20-21)19-11(22)2-3-13(15,16)17/h4-7H,2-3H2,1H3,(H,19,22). The maximum absolute atomic E-state index is 12.1. The molecule has 10 heteroatoms. The van der Waals surface area contributed by atoms with Crippen LogP contribution < -0.4 is 10.1 Å². The Morgan fingerprint density at radius 2 is 2.17 bits per heavy atom. The number of carbonyl (C=O) groups excluding carboxylic acids is 1. The summed E-state index contributed by atoms with van der Waals surface area (Å²) in [6.45, 7) is 0. The summed E-state index contributed by atoms with van der Waals surface area (Å²) in [6.07, 6.45) is -1.92. The number of amides is 1. The summed E-state index contributed by atoms with van der Waals surface area (Å²) >= 11 is 5.88. The molecule has 0 aliphatic rings. The topological polar surface area (TPSA) is 69.0 Å². The van der Waals surface area contributed by atoms with Crippen molar-refractivity contribution in [1.82, 2.24) is 14.8 Å². The summed E-state index contributed by atoms with van der Waals surface area (Å²) in [6, 6.07) is 1.63. The Hall–Kier alpha value is -2.29. The Labute approximate surface area is 134 Å². The third-order valence-corrected chi connectivity index (χ3v) is 3.06. The third kappa shape index (κ3) is 4.85. The van der Waals surface area contributed by atoms with Crippen LogP contribution in [0.3, 0.4) is 0 Å². The van der Waals surface area contributed by atoms with Crippen molar-refractivity contribution in [2.75, 3.05) is 12.4 Å². The van der Waals surface area contributed by atoms with Gasteiger partial charge in [-0.25, -0.2) is 4.68 Å². The number of ether oxygens (including phenoxy) is 1. The Morgan fingerprint density at radius 3 is 2.83 bits per heavy atom. The Kier molecular flexibility index (Phi) is 5.09. The first kappa shape index (κ1) is 17.1. The molecule has 0 unspecified atom stereocenters. The molecule has 2 aromatic rings. The summed E-state index contributed by atoms with van der Waals surface area (Å²) in [4.78, 5) is 15.5. The van der Waals surface area contributed by atoms with E-state index in [1.807, 2.05) is 0 Å². The van der Waals surface area contributed by atoms with E-state index in [0.717, 1.165) is 0 Å². The zero-order valence-electron chi connectivity index (χ0n) is 11.9. The van der Waals surface area contributed by atoms with Crippen LogP contribution in [0, 0.1) is 0 Å². The number of hydrogen-bond donors (Lipinski definition) is 1. The van der Waals surface area contributed by atoms with E-state index in [1.54, 1.807) is 6.07 Å². The fourth-order valence-electron chi connectivity index (χ4n) is 1.68. The first-order valence-corrected chi connectivity index (χ1v) is 6.77. The molecular formula is C13H12ClF3N4O2. The number of halogens is 4. The molecule has 0 saturated carbocycles. The number of hydrogen-bond acceptors (Lipinski definition) is 4. The number of nitrogens with zero attached hydrogens (tertiary/aromatic N) is 3. The average Bonchev–Trinajstić information content (AvgIpc) is 2.86. The second-order valence-corrected chi connectivity index (χ2v) is 4.88. The van der Waals surface area contributed by atoms with Gasteiger partial charge in [0.2, 0.25) is 5.91 Å². The number of methoxy groups -OCH3 is 1. The molecule has 0 fully saturated rings. The molecule has 0 atom stereocenters. The first-order valence-electron chi connectivity index (χ1n) is 6.39. The first-order chi connectivity index (χ1) is 10.8. The van der Waals surface area contributed by atoms with Crippen LogP contribution in [0.1, 0.15) is 12.8 Å². The van der Waals surface area contributed by atoms with Gasteiger partial charge < -0.3 is 10.1 Å². The van der Waals surface area contributed by atoms with Gasteiger partial charge in [0.1, 0.15) is 5.75 Å². The van der Waals surface area contributed by atoms with E-state index in [4.69, 9.17) is 16.3 Å². The van der Waals surface area contributed by atoms with Gasteiger partial charge in [0.05, 0.1) is 43.5 Å². The third-order valence-electron chi connectivity index (χ3n) is 2.78. The van der Waals surface area contributed by atoms with E-state index < -0.39 is 24.9 Å². The van der Waals surface area contributed by atoms with E-state index in [1.165, 1.54) is 30.4 Å². The number of aromatic nitrogens is 3. The lowest BCUT2D eigenvalue weighted by atomic mass is 10.3. The minimum absolute atomic E-state index is 0.0480. The van der Waals surface area contributed by atoms with E-state index in [0.29, 0.717) is 11.4 Å². The SMILES string of the molecule is COc1cncc(-n2cc(NC(=O)CCC(F)(F)F)c(Cl)n2)c1. The van der Waals surface area contributed by atoms with Gasteiger partial charge in [-0.2, -0.15) is 18.3 Å². The normalized spacial score (nSPS) is 11.3. The number of nitrogens with one attached hydrogen (secondary N) is 1. The highest BCUT2D eigenvalue weighted by Crippen LogP contribution is 2.25. The Balaban J connectivity index is 2.10. The smallest absolute Gasteiger partial charge is 0.389 e. The molecule has 2 aromatic heterocycles. The number of rotatable bonds is 5. The van der Waals surface area contributed by atoms with E-state index in [-0.39, 0.29) is 10.8 Å². The van der Waals surface area contributed by atoms with Crippen molar-refractivity contribution in [1.29, 1.82) is 0 Å². The largest absolute Gasteiger partial charge is 0.495 e. The van der Waals surface area contributed by atoms with E-state index >= 15 is 0 Å². The highest BCUT2D eigenvalue weighted by Gasteiger charge is 2.28. The second-order valence-electron chi connectivity index (χ2n) is 4.52. The van der Waals surface area contributed by atoms with Crippen molar-refractivity contribution in [2.24, 2.45) is 0 Å². The summed E-state index contributed by atoms with van der Waals surface area (Å²) in [5.74, 6) is -0.308. The van der Waals surface area contributed by atoms with Crippen molar-refractivity contribution in [3.63, 3.8) is 0 Å². The minimum atomic E-state index is -4.39. The highest BCUT2D eigenvalue weighted by atomic mass is 35.5. The molecule has 23 heavy (non-hydrogen) atoms. The van der Waals surface area contributed by atoms with Gasteiger partial charge in [0, 0.05) is 12.5 Å². The molecular weight excluding hydrogens is 337 g/mol. The molecule has 0 aromatic carbocycles. The zero-order valence-corrected chi connectivity index (χ0v) is 12.6. The summed E-state index contributed by atoms with van der Waals surface area (Å²) in [5.41, 5.74) is 0.628. The van der Waals surface area contributed by atoms with Gasteiger partial charge in [-0.3, -0.25) is 9.78 Å². The molecule has 124 valence electrons. The van der Waals surface area contributed by atoms with Crippen LogP contribution in [0.2, 0.25) is 5.15 Å². The molecule has 1 N–H and O–H groups in total. The van der Waals surface area contributed by atoms with E-state index in [2.05, 4.69) is 15.4 Å². The van der Waals surface area contributed by atoms with Gasteiger partial charge in [-0.1, -0.05) is 11.6 Å². The van der Waals surface area contributed by atoms with Crippen LogP contribution >= 0.6 is 11.6 Å². The number of alkyl halides is 3. The predicted molar refractivity (Wildman–Crippen MR) is 76.8 cm³/mol. The minimum Gasteiger partial charge on any atom is -0.495 e. The molecule has 0 bridgehead atoms. The molecule has 2 heterocycles. The average molecular weight is 349 g/mol. The van der Waals surface area contributed by atoms with Crippen molar-refractivity contribution in [2.45, 2.75) is 19.0 Å². The van der Waals surface area contributed by atoms with Crippen molar-refractivity contribution in [3.8, 4) is 11.4 Å². The fraction of sp³-hybridized carbons (Fsp3) is 0.308. The fourth-order valence-corrected chi connectivity index (χ4v) is 1.86. The number of anilines is 1. The van der Waals surface area contributed by atoms with Crippen LogP contribution in [-0.2, 0) is 4.79 Å². The summed E-state index contributed by atoms with van der Waals surface area (Å²) in [5, 5.41) is 6.22. The van der Waals surface area contributed by atoms with Gasteiger partial charge in [-0.15, -0.1) is 0 Å². The van der Waals surface area contributed by atoms with Crippen LogP contribution in [0.15, 0.2) is 24.7 Å². The Morgan fingerprint density at radius 1 is 1.43 bits per heavy atom. The maximum Gasteiger partial charge on any atom is 0.389 e. The van der Waals surface area contributed by atoms with Crippen molar-refractivity contribution in [3.05, 3.63) is 29.8 Å². The lowest BCUT2D eigenvalue weighted by molar-refractivity contribution is -0.142. The monoisotopic (exact) mass is 348 g/mol. The molecule has 6 nitrogen and oxygen atoms in total. The van der Waals surface area contributed by atoms with Gasteiger partial charge >= 0.3 is 6.18 Å². The highest BCUT2D eigenvalue weighted by molar-refractivity contribution is 6.32. The Bertz CT molecular complexity index is 703. The van der Waals surface area contributed by atoms with Crippen molar-refractivity contribution >= 4 is 23.2 Å². The predicted octanol–water partition coefficient (Wildman–Crippen LogP) is 3.21.